The van der Waals surface area contributed by atoms with Crippen LogP contribution in [0.15, 0.2) is 128 Å². The van der Waals surface area contributed by atoms with Crippen LogP contribution in [-0.2, 0) is 32.9 Å². The number of benzene rings is 4. The zero-order chi connectivity index (χ0) is 40.1. The second-order valence-electron chi connectivity index (χ2n) is 11.3. The number of rotatable bonds is 7. The van der Waals surface area contributed by atoms with E-state index in [1.54, 1.807) is 42.6 Å². The number of hydrogen-bond acceptors (Lipinski definition) is 2. The Balaban J connectivity index is 0.000000219. The van der Waals surface area contributed by atoms with Crippen molar-refractivity contribution in [2.75, 3.05) is 0 Å². The van der Waals surface area contributed by atoms with E-state index in [9.17, 15) is 0 Å². The standard InChI is InChI=1S/C25H20N.C19H22N.Ir/c1-19-12-14-22(15-13-19)25-17-23(16-20-8-4-2-5-9-20)24(18-26-25)21-10-6-3-7-11-21;1-15-14-20-19(17-10-6-3-7-11-17)13-18(15)12-16-8-4-2-5-9-16;/h2-14,17-18H,16H2,1H3;3,6-7,10,13-14,16H,2,4-5,8-9,12H2,1H3;/q2*-1;/i1D3,16D2;1D3,12D2;. The van der Waals surface area contributed by atoms with Crippen molar-refractivity contribution < 1.29 is 33.8 Å². The van der Waals surface area contributed by atoms with E-state index < -0.39 is 26.4 Å². The number of nitrogens with zero attached hydrogens (tertiary/aromatic N) is 2. The molecule has 2 aromatic heterocycles. The van der Waals surface area contributed by atoms with Crippen molar-refractivity contribution in [2.45, 2.75) is 58.6 Å². The van der Waals surface area contributed by atoms with Gasteiger partial charge < -0.3 is 9.97 Å². The van der Waals surface area contributed by atoms with E-state index in [0.29, 0.717) is 33.6 Å². The molecule has 1 fully saturated rings. The van der Waals surface area contributed by atoms with E-state index in [1.165, 1.54) is 18.3 Å². The smallest absolute Gasteiger partial charge is 0.0366 e. The molecule has 3 heteroatoms. The van der Waals surface area contributed by atoms with Crippen molar-refractivity contribution >= 4 is 0 Å². The van der Waals surface area contributed by atoms with Gasteiger partial charge in [0.1, 0.15) is 0 Å². The van der Waals surface area contributed by atoms with Gasteiger partial charge in [0.05, 0.1) is 0 Å². The molecule has 0 saturated heterocycles. The summed E-state index contributed by atoms with van der Waals surface area (Å²) in [5.74, 6) is -0.155. The molecule has 0 aliphatic heterocycles. The molecule has 2 nitrogen and oxygen atoms in total. The molecule has 1 aliphatic carbocycles. The molecule has 7 rings (SSSR count). The Labute approximate surface area is 308 Å². The maximum atomic E-state index is 8.93. The first kappa shape index (κ1) is 23.2. The zero-order valence-corrected chi connectivity index (χ0v) is 28.4. The van der Waals surface area contributed by atoms with Gasteiger partial charge in [0.2, 0.25) is 0 Å². The number of aryl methyl sites for hydroxylation is 2. The quantitative estimate of drug-likeness (QED) is 0.150. The van der Waals surface area contributed by atoms with Crippen LogP contribution in [-0.4, -0.2) is 9.97 Å². The largest absolute Gasteiger partial charge is 0.304 e. The summed E-state index contributed by atoms with van der Waals surface area (Å²) in [7, 11) is 0. The topological polar surface area (TPSA) is 25.8 Å². The Morgan fingerprint density at radius 2 is 1.43 bits per heavy atom. The molecule has 239 valence electrons. The van der Waals surface area contributed by atoms with Crippen LogP contribution < -0.4 is 0 Å². The predicted octanol–water partition coefficient (Wildman–Crippen LogP) is 11.1. The van der Waals surface area contributed by atoms with Crippen LogP contribution in [0, 0.1) is 31.8 Å². The summed E-state index contributed by atoms with van der Waals surface area (Å²) in [6, 6.07) is 40.0. The van der Waals surface area contributed by atoms with Gasteiger partial charge in [0.25, 0.3) is 0 Å². The molecule has 0 unspecified atom stereocenters. The predicted molar refractivity (Wildman–Crippen MR) is 191 cm³/mol. The summed E-state index contributed by atoms with van der Waals surface area (Å²) in [5.41, 5.74) is 5.53. The zero-order valence-electron chi connectivity index (χ0n) is 36.0. The van der Waals surface area contributed by atoms with Crippen molar-refractivity contribution in [3.8, 4) is 33.6 Å². The molecule has 1 saturated carbocycles. The molecule has 1 aliphatic rings. The van der Waals surface area contributed by atoms with Gasteiger partial charge in [-0.2, -0.15) is 0 Å². The monoisotopic (exact) mass is 801 g/mol. The van der Waals surface area contributed by atoms with Crippen LogP contribution in [0.4, 0.5) is 0 Å². The maximum Gasteiger partial charge on any atom is 0.0366 e. The van der Waals surface area contributed by atoms with Crippen LogP contribution in [0.5, 0.6) is 0 Å². The van der Waals surface area contributed by atoms with Gasteiger partial charge in [-0.05, 0) is 59.2 Å². The molecule has 0 bridgehead atoms. The molecular formula is C44H42IrN2-2. The van der Waals surface area contributed by atoms with Gasteiger partial charge in [0, 0.05) is 51.8 Å². The maximum absolute atomic E-state index is 8.93. The Morgan fingerprint density at radius 3 is 2.11 bits per heavy atom. The van der Waals surface area contributed by atoms with Gasteiger partial charge in [0.15, 0.2) is 0 Å². The van der Waals surface area contributed by atoms with Crippen molar-refractivity contribution in [1.82, 2.24) is 9.97 Å². The SMILES string of the molecule is [2H]C([2H])([2H])c1c[c-]c(-c2cc(C([2H])([2H])c3ccccc3)c(-c3ccccc3)cn2)cc1.[2H]C([2H])([2H])c1cnc(-c2[c-]cccc2)cc1C([2H])([2H])C1CCCCC1.[Ir]. The fourth-order valence-electron chi connectivity index (χ4n) is 5.56. The van der Waals surface area contributed by atoms with E-state index in [4.69, 9.17) is 13.7 Å². The minimum absolute atomic E-state index is 0. The van der Waals surface area contributed by atoms with E-state index in [0.717, 1.165) is 43.2 Å². The van der Waals surface area contributed by atoms with Crippen molar-refractivity contribution in [1.29, 1.82) is 0 Å². The Hall–Kier alpha value is -4.17. The molecule has 1 radical (unpaired) electrons. The number of pyridine rings is 2. The molecule has 4 aromatic carbocycles. The van der Waals surface area contributed by atoms with Crippen LogP contribution >= 0.6 is 0 Å². The Bertz CT molecular complexity index is 2200. The third-order valence-electron chi connectivity index (χ3n) is 7.98. The van der Waals surface area contributed by atoms with Gasteiger partial charge >= 0.3 is 0 Å². The van der Waals surface area contributed by atoms with Gasteiger partial charge in [-0.1, -0.05) is 117 Å². The van der Waals surface area contributed by atoms with Crippen molar-refractivity contribution in [3.63, 3.8) is 0 Å². The molecule has 6 aromatic rings. The first-order chi connectivity index (χ1) is 26.6. The minimum atomic E-state index is -2.39. The van der Waals surface area contributed by atoms with E-state index in [2.05, 4.69) is 22.1 Å². The molecule has 0 spiro atoms. The first-order valence-corrected chi connectivity index (χ1v) is 15.7. The van der Waals surface area contributed by atoms with Crippen molar-refractivity contribution in [3.05, 3.63) is 168 Å². The third kappa shape index (κ3) is 9.44. The second-order valence-corrected chi connectivity index (χ2v) is 11.3. The molecule has 47 heavy (non-hydrogen) atoms. The summed E-state index contributed by atoms with van der Waals surface area (Å²) >= 11 is 0. The van der Waals surface area contributed by atoms with E-state index in [-0.39, 0.29) is 42.7 Å². The van der Waals surface area contributed by atoms with Crippen molar-refractivity contribution in [2.24, 2.45) is 5.92 Å². The van der Waals surface area contributed by atoms with Gasteiger partial charge in [-0.25, -0.2) is 0 Å². The Morgan fingerprint density at radius 1 is 0.723 bits per heavy atom. The van der Waals surface area contributed by atoms with Gasteiger partial charge in [-0.3, -0.25) is 0 Å². The summed E-state index contributed by atoms with van der Waals surface area (Å²) in [6.07, 6.45) is 4.25. The van der Waals surface area contributed by atoms with Crippen LogP contribution in [0.2, 0.25) is 0 Å². The Kier molecular flexibility index (Phi) is 8.45. The molecule has 2 heterocycles. The summed E-state index contributed by atoms with van der Waals surface area (Å²) in [6.45, 7) is -4.58. The minimum Gasteiger partial charge on any atom is -0.304 e. The molecular weight excluding hydrogens is 749 g/mol. The van der Waals surface area contributed by atoms with E-state index >= 15 is 0 Å². The molecule has 0 atom stereocenters. The summed E-state index contributed by atoms with van der Waals surface area (Å²) in [4.78, 5) is 8.82. The van der Waals surface area contributed by atoms with Crippen LogP contribution in [0.1, 0.15) is 73.6 Å². The fraction of sp³-hybridized carbons (Fsp3) is 0.227. The first-order valence-electron chi connectivity index (χ1n) is 20.7. The normalized spacial score (nSPS) is 17.1. The summed E-state index contributed by atoms with van der Waals surface area (Å²) in [5, 5.41) is 0. The molecule has 0 N–H and O–H groups in total. The number of hydrogen-bond donors (Lipinski definition) is 0. The fourth-order valence-corrected chi connectivity index (χ4v) is 5.56. The van der Waals surface area contributed by atoms with E-state index in [1.807, 2.05) is 66.7 Å². The number of aromatic nitrogens is 2. The van der Waals surface area contributed by atoms with Crippen LogP contribution in [0.3, 0.4) is 0 Å². The van der Waals surface area contributed by atoms with Gasteiger partial charge in [-0.15, -0.1) is 71.3 Å². The third-order valence-corrected chi connectivity index (χ3v) is 7.98. The molecule has 0 amide bonds. The second kappa shape index (κ2) is 17.1. The summed E-state index contributed by atoms with van der Waals surface area (Å²) < 4.78 is 81.3. The van der Waals surface area contributed by atoms with Crippen LogP contribution in [0.25, 0.3) is 33.6 Å². The average Bonchev–Trinajstić information content (AvgIpc) is 3.21. The average molecular weight is 801 g/mol.